The van der Waals surface area contributed by atoms with Crippen LogP contribution < -0.4 is 10.1 Å². The Morgan fingerprint density at radius 1 is 1.14 bits per heavy atom. The van der Waals surface area contributed by atoms with E-state index in [-0.39, 0.29) is 0 Å². The van der Waals surface area contributed by atoms with Gasteiger partial charge in [-0.25, -0.2) is 9.97 Å². The van der Waals surface area contributed by atoms with E-state index in [1.807, 2.05) is 48.3 Å². The first kappa shape index (κ1) is 13.4. The lowest BCUT2D eigenvalue weighted by Crippen LogP contribution is -2.09. The van der Waals surface area contributed by atoms with Crippen molar-refractivity contribution in [2.75, 3.05) is 19.0 Å². The molecule has 108 valence electrons. The van der Waals surface area contributed by atoms with E-state index in [9.17, 15) is 0 Å². The summed E-state index contributed by atoms with van der Waals surface area (Å²) >= 11 is 0. The summed E-state index contributed by atoms with van der Waals surface area (Å²) < 4.78 is 7.42. The molecular formula is C16H18N4O. The number of aromatic nitrogens is 3. The molecule has 0 radical (unpaired) electrons. The average molecular weight is 282 g/mol. The zero-order chi connectivity index (χ0) is 14.7. The lowest BCUT2D eigenvalue weighted by atomic mass is 10.1. The van der Waals surface area contributed by atoms with E-state index in [2.05, 4.69) is 15.3 Å². The van der Waals surface area contributed by atoms with Crippen molar-refractivity contribution in [3.05, 3.63) is 48.7 Å². The van der Waals surface area contributed by atoms with E-state index < -0.39 is 0 Å². The van der Waals surface area contributed by atoms with Crippen LogP contribution in [-0.4, -0.2) is 28.2 Å². The molecule has 5 nitrogen and oxygen atoms in total. The molecule has 0 bridgehead atoms. The number of imidazole rings is 1. The molecule has 0 fully saturated rings. The summed E-state index contributed by atoms with van der Waals surface area (Å²) in [4.78, 5) is 8.75. The molecule has 0 aliphatic carbocycles. The van der Waals surface area contributed by atoms with Crippen LogP contribution in [0.25, 0.3) is 10.8 Å². The molecule has 1 N–H and O–H groups in total. The number of nitrogens with zero attached hydrogens (tertiary/aromatic N) is 3. The van der Waals surface area contributed by atoms with Crippen LogP contribution in [0.2, 0.25) is 0 Å². The number of hydrogen-bond donors (Lipinski definition) is 1. The molecule has 3 aromatic rings. The van der Waals surface area contributed by atoms with Gasteiger partial charge in [-0.05, 0) is 12.1 Å². The van der Waals surface area contributed by atoms with Crippen LogP contribution in [0.3, 0.4) is 0 Å². The molecule has 0 aliphatic rings. The Morgan fingerprint density at radius 3 is 2.81 bits per heavy atom. The van der Waals surface area contributed by atoms with Crippen molar-refractivity contribution in [2.24, 2.45) is 7.05 Å². The van der Waals surface area contributed by atoms with Gasteiger partial charge in [-0.3, -0.25) is 0 Å². The number of pyridine rings is 1. The van der Waals surface area contributed by atoms with Crippen molar-refractivity contribution in [3.63, 3.8) is 0 Å². The maximum Gasteiger partial charge on any atom is 0.133 e. The highest BCUT2D eigenvalue weighted by Crippen LogP contribution is 2.28. The van der Waals surface area contributed by atoms with Crippen LogP contribution in [0.5, 0.6) is 5.75 Å². The van der Waals surface area contributed by atoms with Crippen molar-refractivity contribution in [1.29, 1.82) is 0 Å². The van der Waals surface area contributed by atoms with E-state index in [1.54, 1.807) is 13.3 Å². The van der Waals surface area contributed by atoms with Crippen molar-refractivity contribution >= 4 is 16.6 Å². The number of ether oxygens (including phenoxy) is 1. The van der Waals surface area contributed by atoms with Crippen LogP contribution in [0.4, 0.5) is 5.82 Å². The topological polar surface area (TPSA) is 52.0 Å². The predicted molar refractivity (Wildman–Crippen MR) is 83.7 cm³/mol. The quantitative estimate of drug-likeness (QED) is 0.781. The molecule has 21 heavy (non-hydrogen) atoms. The van der Waals surface area contributed by atoms with E-state index in [0.717, 1.165) is 41.1 Å². The van der Waals surface area contributed by atoms with Crippen molar-refractivity contribution in [1.82, 2.24) is 14.5 Å². The Hall–Kier alpha value is -2.56. The van der Waals surface area contributed by atoms with Gasteiger partial charge in [-0.2, -0.15) is 0 Å². The van der Waals surface area contributed by atoms with Gasteiger partial charge in [0.1, 0.15) is 17.4 Å². The Bertz CT molecular complexity index is 751. The standard InChI is InChI=1S/C16H18N4O/c1-20-11-10-17-15(20)7-9-19-16-13-4-3-5-14(21-2)12(13)6-8-18-16/h3-6,8,10-11H,7,9H2,1-2H3,(H,18,19). The highest BCUT2D eigenvalue weighted by atomic mass is 16.5. The monoisotopic (exact) mass is 282 g/mol. The first-order valence-corrected chi connectivity index (χ1v) is 6.91. The van der Waals surface area contributed by atoms with Crippen LogP contribution in [0.1, 0.15) is 5.82 Å². The normalized spacial score (nSPS) is 10.8. The molecule has 0 unspecified atom stereocenters. The zero-order valence-electron chi connectivity index (χ0n) is 12.2. The number of anilines is 1. The summed E-state index contributed by atoms with van der Waals surface area (Å²) in [6.45, 7) is 0.786. The van der Waals surface area contributed by atoms with Gasteiger partial charge in [0.15, 0.2) is 0 Å². The third-order valence-electron chi connectivity index (χ3n) is 3.55. The summed E-state index contributed by atoms with van der Waals surface area (Å²) in [6.07, 6.45) is 6.42. The molecule has 0 spiro atoms. The first-order chi connectivity index (χ1) is 10.3. The Labute approximate surface area is 123 Å². The molecule has 0 saturated heterocycles. The summed E-state index contributed by atoms with van der Waals surface area (Å²) in [5.41, 5.74) is 0. The van der Waals surface area contributed by atoms with Crippen molar-refractivity contribution < 1.29 is 4.74 Å². The molecular weight excluding hydrogens is 264 g/mol. The number of rotatable bonds is 5. The number of fused-ring (bicyclic) bond motifs is 1. The van der Waals surface area contributed by atoms with Crippen molar-refractivity contribution in [3.8, 4) is 5.75 Å². The molecule has 2 heterocycles. The lowest BCUT2D eigenvalue weighted by molar-refractivity contribution is 0.420. The molecule has 0 amide bonds. The minimum Gasteiger partial charge on any atom is -0.496 e. The third-order valence-corrected chi connectivity index (χ3v) is 3.55. The molecule has 0 atom stereocenters. The SMILES string of the molecule is COc1cccc2c(NCCc3nccn3C)nccc12. The Morgan fingerprint density at radius 2 is 2.05 bits per heavy atom. The van der Waals surface area contributed by atoms with Crippen molar-refractivity contribution in [2.45, 2.75) is 6.42 Å². The summed E-state index contributed by atoms with van der Waals surface area (Å²) in [5, 5.41) is 5.52. The largest absolute Gasteiger partial charge is 0.496 e. The maximum atomic E-state index is 5.39. The smallest absolute Gasteiger partial charge is 0.133 e. The number of nitrogens with one attached hydrogen (secondary N) is 1. The number of hydrogen-bond acceptors (Lipinski definition) is 4. The number of benzene rings is 1. The maximum absolute atomic E-state index is 5.39. The minimum absolute atomic E-state index is 0.786. The molecule has 2 aromatic heterocycles. The third kappa shape index (κ3) is 2.67. The summed E-state index contributed by atoms with van der Waals surface area (Å²) in [6, 6.07) is 7.96. The molecule has 3 rings (SSSR count). The van der Waals surface area contributed by atoms with Gasteiger partial charge in [0, 0.05) is 49.4 Å². The van der Waals surface area contributed by atoms with Crippen LogP contribution >= 0.6 is 0 Å². The molecule has 0 saturated carbocycles. The van der Waals surface area contributed by atoms with Gasteiger partial charge in [0.2, 0.25) is 0 Å². The fraction of sp³-hybridized carbons (Fsp3) is 0.250. The summed E-state index contributed by atoms with van der Waals surface area (Å²) in [7, 11) is 3.69. The van der Waals surface area contributed by atoms with Crippen LogP contribution in [0.15, 0.2) is 42.9 Å². The highest BCUT2D eigenvalue weighted by Gasteiger charge is 2.06. The van der Waals surface area contributed by atoms with Crippen LogP contribution in [-0.2, 0) is 13.5 Å². The second-order valence-electron chi connectivity index (χ2n) is 4.85. The Balaban J connectivity index is 1.79. The molecule has 5 heteroatoms. The molecule has 0 aliphatic heterocycles. The number of methoxy groups -OCH3 is 1. The summed E-state index contributed by atoms with van der Waals surface area (Å²) in [5.74, 6) is 2.79. The highest BCUT2D eigenvalue weighted by molar-refractivity contribution is 5.95. The first-order valence-electron chi connectivity index (χ1n) is 6.91. The lowest BCUT2D eigenvalue weighted by Gasteiger charge is -2.10. The van der Waals surface area contributed by atoms with Gasteiger partial charge in [-0.1, -0.05) is 12.1 Å². The minimum atomic E-state index is 0.786. The second kappa shape index (κ2) is 5.83. The molecule has 1 aromatic carbocycles. The average Bonchev–Trinajstić information content (AvgIpc) is 2.92. The fourth-order valence-electron chi connectivity index (χ4n) is 2.43. The van der Waals surface area contributed by atoms with E-state index in [1.165, 1.54) is 0 Å². The Kier molecular flexibility index (Phi) is 3.73. The van der Waals surface area contributed by atoms with Gasteiger partial charge in [0.25, 0.3) is 0 Å². The zero-order valence-corrected chi connectivity index (χ0v) is 12.2. The number of aryl methyl sites for hydroxylation is 1. The van der Waals surface area contributed by atoms with Gasteiger partial charge in [-0.15, -0.1) is 0 Å². The van der Waals surface area contributed by atoms with Gasteiger partial charge >= 0.3 is 0 Å². The van der Waals surface area contributed by atoms with E-state index >= 15 is 0 Å². The van der Waals surface area contributed by atoms with E-state index in [4.69, 9.17) is 4.74 Å². The van der Waals surface area contributed by atoms with Gasteiger partial charge < -0.3 is 14.6 Å². The van der Waals surface area contributed by atoms with Crippen LogP contribution in [0, 0.1) is 0 Å². The fourth-order valence-corrected chi connectivity index (χ4v) is 2.43. The van der Waals surface area contributed by atoms with Gasteiger partial charge in [0.05, 0.1) is 7.11 Å². The predicted octanol–water partition coefficient (Wildman–Crippen LogP) is 2.63. The van der Waals surface area contributed by atoms with E-state index in [0.29, 0.717) is 0 Å². The second-order valence-corrected chi connectivity index (χ2v) is 4.85.